The van der Waals surface area contributed by atoms with E-state index in [4.69, 9.17) is 16.0 Å². The molecular formula is C22H15ClN4O4S. The van der Waals surface area contributed by atoms with Crippen molar-refractivity contribution in [3.8, 4) is 11.3 Å². The van der Waals surface area contributed by atoms with Gasteiger partial charge in [-0.25, -0.2) is 4.99 Å². The van der Waals surface area contributed by atoms with Crippen LogP contribution in [0.1, 0.15) is 5.76 Å². The van der Waals surface area contributed by atoms with Crippen LogP contribution in [0.4, 0.5) is 11.4 Å². The van der Waals surface area contributed by atoms with Crippen LogP contribution in [0.25, 0.3) is 17.4 Å². The Balaban J connectivity index is 1.62. The summed E-state index contributed by atoms with van der Waals surface area (Å²) in [6.45, 7) is 4.02. The number of thioether (sulfide) groups is 1. The number of rotatable bonds is 6. The highest BCUT2D eigenvalue weighted by Gasteiger charge is 2.33. The number of hydrogen-bond acceptors (Lipinski definition) is 7. The molecule has 0 unspecified atom stereocenters. The zero-order chi connectivity index (χ0) is 22.7. The molecule has 1 aliphatic heterocycles. The number of nitro groups is 1. The minimum Gasteiger partial charge on any atom is -0.457 e. The number of pyridine rings is 1. The van der Waals surface area contributed by atoms with Gasteiger partial charge in [0.2, 0.25) is 0 Å². The Kier molecular flexibility index (Phi) is 6.20. The van der Waals surface area contributed by atoms with Crippen LogP contribution in [0, 0.1) is 10.1 Å². The van der Waals surface area contributed by atoms with Gasteiger partial charge in [0.1, 0.15) is 11.5 Å². The highest BCUT2D eigenvalue weighted by molar-refractivity contribution is 8.18. The third-order valence-electron chi connectivity index (χ3n) is 4.40. The fourth-order valence-corrected chi connectivity index (χ4v) is 4.19. The number of nitro benzene ring substituents is 1. The Bertz CT molecular complexity index is 1270. The van der Waals surface area contributed by atoms with Crippen LogP contribution < -0.4 is 0 Å². The lowest BCUT2D eigenvalue weighted by Gasteiger charge is -2.12. The van der Waals surface area contributed by atoms with Gasteiger partial charge in [0.15, 0.2) is 5.17 Å². The minimum atomic E-state index is -0.518. The monoisotopic (exact) mass is 466 g/mol. The summed E-state index contributed by atoms with van der Waals surface area (Å²) in [7, 11) is 0. The molecule has 0 N–H and O–H groups in total. The van der Waals surface area contributed by atoms with Gasteiger partial charge in [0.25, 0.3) is 11.6 Å². The van der Waals surface area contributed by atoms with Gasteiger partial charge in [-0.15, -0.1) is 6.58 Å². The molecule has 3 aromatic rings. The van der Waals surface area contributed by atoms with Crippen LogP contribution in [0.15, 0.2) is 81.8 Å². The Hall–Kier alpha value is -3.69. The van der Waals surface area contributed by atoms with Crippen molar-refractivity contribution >= 4 is 51.9 Å². The molecule has 3 heterocycles. The average Bonchev–Trinajstić information content (AvgIpc) is 3.35. The molecule has 0 bridgehead atoms. The number of furan rings is 1. The second kappa shape index (κ2) is 9.21. The molecule has 1 saturated heterocycles. The number of hydrogen-bond donors (Lipinski definition) is 0. The second-order valence-electron chi connectivity index (χ2n) is 6.54. The van der Waals surface area contributed by atoms with Crippen LogP contribution in [0.5, 0.6) is 0 Å². The van der Waals surface area contributed by atoms with Gasteiger partial charge in [-0.3, -0.25) is 24.8 Å². The summed E-state index contributed by atoms with van der Waals surface area (Å²) < 4.78 is 5.83. The van der Waals surface area contributed by atoms with E-state index in [1.54, 1.807) is 48.8 Å². The van der Waals surface area contributed by atoms with Gasteiger partial charge >= 0.3 is 0 Å². The summed E-state index contributed by atoms with van der Waals surface area (Å²) in [6, 6.07) is 11.1. The van der Waals surface area contributed by atoms with Gasteiger partial charge in [0.05, 0.1) is 26.7 Å². The minimum absolute atomic E-state index is 0.108. The number of halogens is 1. The summed E-state index contributed by atoms with van der Waals surface area (Å²) in [4.78, 5) is 33.8. The zero-order valence-corrected chi connectivity index (χ0v) is 18.0. The molecule has 1 aromatic carbocycles. The van der Waals surface area contributed by atoms with Crippen molar-refractivity contribution < 1.29 is 14.1 Å². The topological polar surface area (TPSA) is 102 Å². The number of amides is 1. The molecule has 0 aliphatic carbocycles. The molecule has 2 aromatic heterocycles. The molecule has 0 atom stereocenters. The lowest BCUT2D eigenvalue weighted by molar-refractivity contribution is -0.384. The number of benzene rings is 1. The van der Waals surface area contributed by atoms with Crippen molar-refractivity contribution in [1.29, 1.82) is 0 Å². The molecule has 1 aliphatic rings. The van der Waals surface area contributed by atoms with Crippen molar-refractivity contribution in [3.63, 3.8) is 0 Å². The van der Waals surface area contributed by atoms with E-state index in [9.17, 15) is 14.9 Å². The van der Waals surface area contributed by atoms with E-state index in [-0.39, 0.29) is 16.6 Å². The number of carbonyl (C=O) groups is 1. The van der Waals surface area contributed by atoms with Crippen LogP contribution in [0.2, 0.25) is 5.02 Å². The highest BCUT2D eigenvalue weighted by Crippen LogP contribution is 2.36. The second-order valence-corrected chi connectivity index (χ2v) is 7.96. The average molecular weight is 467 g/mol. The van der Waals surface area contributed by atoms with E-state index in [1.807, 2.05) is 0 Å². The summed E-state index contributed by atoms with van der Waals surface area (Å²) in [6.07, 6.45) is 6.51. The quantitative estimate of drug-likeness (QED) is 0.200. The first-order chi connectivity index (χ1) is 15.5. The van der Waals surface area contributed by atoms with Gasteiger partial charge in [-0.1, -0.05) is 17.7 Å². The normalized spacial score (nSPS) is 16.2. The van der Waals surface area contributed by atoms with Gasteiger partial charge in [-0.2, -0.15) is 0 Å². The molecule has 1 amide bonds. The van der Waals surface area contributed by atoms with Gasteiger partial charge < -0.3 is 4.42 Å². The van der Waals surface area contributed by atoms with E-state index in [1.165, 1.54) is 34.9 Å². The molecular weight excluding hydrogens is 452 g/mol. The number of carbonyl (C=O) groups excluding carboxylic acids is 1. The number of nitrogens with zero attached hydrogens (tertiary/aromatic N) is 4. The first-order valence-corrected chi connectivity index (χ1v) is 10.5. The van der Waals surface area contributed by atoms with E-state index in [2.05, 4.69) is 16.6 Å². The predicted molar refractivity (Wildman–Crippen MR) is 125 cm³/mol. The van der Waals surface area contributed by atoms with E-state index in [0.717, 1.165) is 0 Å². The fraction of sp³-hybridized carbons (Fsp3) is 0.0455. The highest BCUT2D eigenvalue weighted by atomic mass is 35.5. The van der Waals surface area contributed by atoms with E-state index in [0.29, 0.717) is 39.4 Å². The summed E-state index contributed by atoms with van der Waals surface area (Å²) in [5, 5.41) is 11.6. The lowest BCUT2D eigenvalue weighted by Crippen LogP contribution is -2.29. The Labute approximate surface area is 192 Å². The number of aliphatic imine (C=N–C) groups is 1. The number of non-ortho nitro benzene ring substituents is 1. The fourth-order valence-electron chi connectivity index (χ4n) is 2.93. The molecule has 1 fully saturated rings. The van der Waals surface area contributed by atoms with Gasteiger partial charge in [-0.05, 0) is 42.1 Å². The Morgan fingerprint density at radius 1 is 1.31 bits per heavy atom. The molecule has 4 rings (SSSR count). The smallest absolute Gasteiger partial charge is 0.270 e. The first-order valence-electron chi connectivity index (χ1n) is 9.31. The maximum atomic E-state index is 12.9. The largest absolute Gasteiger partial charge is 0.457 e. The molecule has 8 nitrogen and oxygen atoms in total. The van der Waals surface area contributed by atoms with Crippen molar-refractivity contribution in [1.82, 2.24) is 9.88 Å². The maximum absolute atomic E-state index is 12.9. The molecule has 10 heteroatoms. The van der Waals surface area contributed by atoms with E-state index >= 15 is 0 Å². The van der Waals surface area contributed by atoms with Crippen molar-refractivity contribution in [3.05, 3.63) is 93.3 Å². The third kappa shape index (κ3) is 4.48. The van der Waals surface area contributed by atoms with Crippen molar-refractivity contribution in [2.24, 2.45) is 4.99 Å². The molecule has 32 heavy (non-hydrogen) atoms. The lowest BCUT2D eigenvalue weighted by atomic mass is 10.1. The standard InChI is InChI=1S/C22H15ClN4O4S/c1-2-10-26-21(28)20(32-22(26)25-14-4-3-9-24-13-14)12-16-6-8-19(31-16)17-7-5-15(27(29)30)11-18(17)23/h2-9,11-13H,1,10H2/b20-12+,25-22?. The Morgan fingerprint density at radius 3 is 2.84 bits per heavy atom. The van der Waals surface area contributed by atoms with Crippen molar-refractivity contribution in [2.45, 2.75) is 0 Å². The third-order valence-corrected chi connectivity index (χ3v) is 5.72. The van der Waals surface area contributed by atoms with Crippen LogP contribution in [-0.2, 0) is 4.79 Å². The van der Waals surface area contributed by atoms with Crippen LogP contribution >= 0.6 is 23.4 Å². The SMILES string of the molecule is C=CCN1C(=O)/C(=C\c2ccc(-c3ccc([N+](=O)[O-])cc3Cl)o2)SC1=Nc1cccnc1. The summed E-state index contributed by atoms with van der Waals surface area (Å²) in [5.74, 6) is 0.648. The number of aromatic nitrogens is 1. The van der Waals surface area contributed by atoms with Crippen LogP contribution in [0.3, 0.4) is 0 Å². The molecule has 0 spiro atoms. The molecule has 0 saturated carbocycles. The molecule has 0 radical (unpaired) electrons. The van der Waals surface area contributed by atoms with Crippen molar-refractivity contribution in [2.75, 3.05) is 6.54 Å². The first kappa shape index (κ1) is 21.5. The zero-order valence-electron chi connectivity index (χ0n) is 16.5. The van der Waals surface area contributed by atoms with E-state index < -0.39 is 4.92 Å². The molecule has 160 valence electrons. The Morgan fingerprint density at radius 2 is 2.16 bits per heavy atom. The van der Waals surface area contributed by atoms with Gasteiger partial charge in [0, 0.05) is 36.5 Å². The van der Waals surface area contributed by atoms with Crippen LogP contribution in [-0.4, -0.2) is 32.4 Å². The maximum Gasteiger partial charge on any atom is 0.270 e. The summed E-state index contributed by atoms with van der Waals surface area (Å²) >= 11 is 7.41. The number of amidine groups is 1. The predicted octanol–water partition coefficient (Wildman–Crippen LogP) is 5.69. The summed E-state index contributed by atoms with van der Waals surface area (Å²) in [5.41, 5.74) is 1.04.